The molecule has 1 aromatic heterocycles. The smallest absolute Gasteiger partial charge is 0.241 e. The maximum Gasteiger partial charge on any atom is 0.241 e. The number of anilines is 1. The van der Waals surface area contributed by atoms with E-state index in [1.165, 1.54) is 11.3 Å². The molecule has 0 fully saturated rings. The molecule has 0 saturated carbocycles. The number of para-hydroxylation sites is 1. The van der Waals surface area contributed by atoms with Crippen LogP contribution in [0.4, 0.5) is 5.69 Å². The lowest BCUT2D eigenvalue weighted by molar-refractivity contribution is -0.124. The Hall–Kier alpha value is -2.53. The first-order valence-corrected chi connectivity index (χ1v) is 8.14. The molecule has 1 amide bonds. The molecule has 0 N–H and O–H groups in total. The lowest BCUT2D eigenvalue weighted by atomic mass is 9.81. The quantitative estimate of drug-likeness (QED) is 0.631. The van der Waals surface area contributed by atoms with E-state index >= 15 is 0 Å². The minimum atomic E-state index is -1.02. The van der Waals surface area contributed by atoms with Crippen LogP contribution in [-0.4, -0.2) is 24.5 Å². The maximum atomic E-state index is 12.8. The Kier molecular flexibility index (Phi) is 2.90. The molecule has 4 rings (SSSR count). The van der Waals surface area contributed by atoms with E-state index < -0.39 is 5.41 Å². The molecule has 2 aliphatic rings. The average molecular weight is 323 g/mol. The zero-order valence-corrected chi connectivity index (χ0v) is 13.2. The number of rotatable bonds is 2. The van der Waals surface area contributed by atoms with Crippen LogP contribution < -0.4 is 4.90 Å². The Morgan fingerprint density at radius 2 is 1.96 bits per heavy atom. The maximum absolute atomic E-state index is 12.8. The third-order valence-electron chi connectivity index (χ3n) is 4.55. The zero-order valence-electron chi connectivity index (χ0n) is 12.4. The second-order valence-corrected chi connectivity index (χ2v) is 6.76. The highest BCUT2D eigenvalue weighted by atomic mass is 32.1. The molecule has 1 aliphatic carbocycles. The van der Waals surface area contributed by atoms with Crippen LogP contribution in [-0.2, 0) is 15.0 Å². The first kappa shape index (κ1) is 14.1. The fraction of sp³-hybridized carbons (Fsp3) is 0.167. The minimum absolute atomic E-state index is 0.0274. The largest absolute Gasteiger partial charge is 0.314 e. The predicted molar refractivity (Wildman–Crippen MR) is 87.9 cm³/mol. The van der Waals surface area contributed by atoms with Gasteiger partial charge in [-0.3, -0.25) is 14.4 Å². The van der Waals surface area contributed by atoms with Crippen LogP contribution in [0, 0.1) is 0 Å². The normalized spacial score (nSPS) is 22.7. The molecule has 1 spiro atoms. The topological polar surface area (TPSA) is 54.5 Å². The summed E-state index contributed by atoms with van der Waals surface area (Å²) in [7, 11) is 1.70. The van der Waals surface area contributed by atoms with Crippen molar-refractivity contribution in [3.63, 3.8) is 0 Å². The highest BCUT2D eigenvalue weighted by Gasteiger charge is 2.54. The monoisotopic (exact) mass is 323 g/mol. The number of Topliss-reactive ketones (excluding diaryl/α,β-unsaturated/α-hetero) is 2. The van der Waals surface area contributed by atoms with Gasteiger partial charge in [0.05, 0.1) is 10.5 Å². The fourth-order valence-electron chi connectivity index (χ4n) is 3.44. The predicted octanol–water partition coefficient (Wildman–Crippen LogP) is 2.74. The molecule has 1 aromatic carbocycles. The van der Waals surface area contributed by atoms with Gasteiger partial charge in [-0.05, 0) is 29.2 Å². The van der Waals surface area contributed by atoms with Gasteiger partial charge in [0.15, 0.2) is 5.78 Å². The van der Waals surface area contributed by atoms with Gasteiger partial charge in [0.2, 0.25) is 11.7 Å². The Bertz CT molecular complexity index is 881. The third kappa shape index (κ3) is 1.80. The number of amides is 1. The van der Waals surface area contributed by atoms with E-state index in [4.69, 9.17) is 0 Å². The molecule has 5 heteroatoms. The van der Waals surface area contributed by atoms with E-state index in [0.29, 0.717) is 4.88 Å². The molecule has 0 bridgehead atoms. The number of carbonyl (C=O) groups is 3. The zero-order chi connectivity index (χ0) is 16.2. The first-order valence-electron chi connectivity index (χ1n) is 7.26. The summed E-state index contributed by atoms with van der Waals surface area (Å²) in [5.74, 6) is -0.704. The van der Waals surface area contributed by atoms with Crippen LogP contribution in [0.1, 0.15) is 21.7 Å². The molecule has 2 aromatic rings. The number of hydrogen-bond acceptors (Lipinski definition) is 4. The highest BCUT2D eigenvalue weighted by molar-refractivity contribution is 7.12. The average Bonchev–Trinajstić information content (AvgIpc) is 3.25. The fourth-order valence-corrected chi connectivity index (χ4v) is 4.11. The Morgan fingerprint density at radius 1 is 1.17 bits per heavy atom. The van der Waals surface area contributed by atoms with Crippen molar-refractivity contribution in [1.82, 2.24) is 0 Å². The molecule has 114 valence electrons. The molecule has 4 nitrogen and oxygen atoms in total. The van der Waals surface area contributed by atoms with Gasteiger partial charge < -0.3 is 4.90 Å². The summed E-state index contributed by atoms with van der Waals surface area (Å²) in [4.78, 5) is 39.9. The van der Waals surface area contributed by atoms with Gasteiger partial charge in [-0.2, -0.15) is 0 Å². The molecule has 23 heavy (non-hydrogen) atoms. The number of thiophene rings is 1. The third-order valence-corrected chi connectivity index (χ3v) is 5.42. The lowest BCUT2D eigenvalue weighted by Gasteiger charge is -2.18. The summed E-state index contributed by atoms with van der Waals surface area (Å²) in [5, 5.41) is 1.80. The van der Waals surface area contributed by atoms with Gasteiger partial charge >= 0.3 is 0 Å². The van der Waals surface area contributed by atoms with Crippen molar-refractivity contribution in [3.8, 4) is 0 Å². The Morgan fingerprint density at radius 3 is 2.70 bits per heavy atom. The van der Waals surface area contributed by atoms with E-state index in [2.05, 4.69) is 0 Å². The summed E-state index contributed by atoms with van der Waals surface area (Å²) < 4.78 is 0. The second kappa shape index (κ2) is 4.73. The van der Waals surface area contributed by atoms with Gasteiger partial charge in [-0.15, -0.1) is 11.3 Å². The summed E-state index contributed by atoms with van der Waals surface area (Å²) in [6.45, 7) is 0. The van der Waals surface area contributed by atoms with Gasteiger partial charge in [-0.25, -0.2) is 0 Å². The molecule has 0 radical (unpaired) electrons. The van der Waals surface area contributed by atoms with Crippen molar-refractivity contribution < 1.29 is 14.4 Å². The standard InChI is InChI=1S/C18H13NO3S/c1-19-13-6-3-2-5-12(13)18(17(19)22)9-11(14(20)10-18)16(21)15-7-4-8-23-15/h2-9H,10H2,1H3. The molecule has 0 saturated heterocycles. The summed E-state index contributed by atoms with van der Waals surface area (Å²) in [6.07, 6.45) is 1.61. The summed E-state index contributed by atoms with van der Waals surface area (Å²) >= 11 is 1.30. The molecular formula is C18H13NO3S. The molecule has 2 heterocycles. The number of allylic oxidation sites excluding steroid dienone is 1. The van der Waals surface area contributed by atoms with Crippen LogP contribution in [0.5, 0.6) is 0 Å². The number of fused-ring (bicyclic) bond motifs is 2. The van der Waals surface area contributed by atoms with E-state index in [-0.39, 0.29) is 29.5 Å². The number of benzene rings is 1. The van der Waals surface area contributed by atoms with E-state index in [1.807, 2.05) is 24.3 Å². The number of hydrogen-bond donors (Lipinski definition) is 0. The van der Waals surface area contributed by atoms with E-state index in [9.17, 15) is 14.4 Å². The summed E-state index contributed by atoms with van der Waals surface area (Å²) in [5.41, 5.74) is 0.706. The minimum Gasteiger partial charge on any atom is -0.314 e. The van der Waals surface area contributed by atoms with Crippen molar-refractivity contribution in [3.05, 3.63) is 63.9 Å². The van der Waals surface area contributed by atoms with Crippen LogP contribution in [0.15, 0.2) is 53.4 Å². The van der Waals surface area contributed by atoms with Gasteiger partial charge in [0.25, 0.3) is 0 Å². The highest BCUT2D eigenvalue weighted by Crippen LogP contribution is 2.48. The van der Waals surface area contributed by atoms with Gasteiger partial charge in [0, 0.05) is 19.2 Å². The number of nitrogens with zero attached hydrogens (tertiary/aromatic N) is 1. The van der Waals surface area contributed by atoms with Crippen LogP contribution in [0.25, 0.3) is 0 Å². The number of carbonyl (C=O) groups excluding carboxylic acids is 3. The van der Waals surface area contributed by atoms with E-state index in [0.717, 1.165) is 11.3 Å². The number of ketones is 2. The molecule has 1 atom stereocenters. The van der Waals surface area contributed by atoms with Crippen LogP contribution in [0.3, 0.4) is 0 Å². The van der Waals surface area contributed by atoms with Crippen molar-refractivity contribution in [1.29, 1.82) is 0 Å². The Balaban J connectivity index is 1.86. The number of likely N-dealkylation sites (N-methyl/N-ethyl adjacent to an activating group) is 1. The van der Waals surface area contributed by atoms with Gasteiger partial charge in [-0.1, -0.05) is 24.3 Å². The summed E-state index contributed by atoms with van der Waals surface area (Å²) in [6, 6.07) is 10.9. The molecular weight excluding hydrogens is 310 g/mol. The SMILES string of the molecule is CN1C(=O)C2(C=C(C(=O)c3cccs3)C(=O)C2)c2ccccc21. The van der Waals surface area contributed by atoms with Crippen molar-refractivity contribution in [2.75, 3.05) is 11.9 Å². The Labute approximate surface area is 137 Å². The lowest BCUT2D eigenvalue weighted by Crippen LogP contribution is -2.36. The van der Waals surface area contributed by atoms with Crippen molar-refractivity contribution in [2.24, 2.45) is 0 Å². The molecule has 1 unspecified atom stereocenters. The van der Waals surface area contributed by atoms with E-state index in [1.54, 1.807) is 35.5 Å². The van der Waals surface area contributed by atoms with Crippen LogP contribution in [0.2, 0.25) is 0 Å². The van der Waals surface area contributed by atoms with Crippen molar-refractivity contribution >= 4 is 34.5 Å². The van der Waals surface area contributed by atoms with Gasteiger partial charge in [0.1, 0.15) is 5.41 Å². The molecule has 1 aliphatic heterocycles. The first-order chi connectivity index (χ1) is 11.0. The van der Waals surface area contributed by atoms with Crippen LogP contribution >= 0.6 is 11.3 Å². The second-order valence-electron chi connectivity index (χ2n) is 5.82. The van der Waals surface area contributed by atoms with Crippen molar-refractivity contribution in [2.45, 2.75) is 11.8 Å².